The Balaban J connectivity index is 2.12. The minimum atomic E-state index is -4.10. The van der Waals surface area contributed by atoms with Gasteiger partial charge in [-0.2, -0.15) is 0 Å². The van der Waals surface area contributed by atoms with Crippen molar-refractivity contribution in [2.45, 2.75) is 4.90 Å². The Morgan fingerprint density at radius 1 is 0.917 bits per heavy atom. The second-order valence-corrected chi connectivity index (χ2v) is 7.48. The first-order chi connectivity index (χ1) is 11.4. The lowest BCUT2D eigenvalue weighted by atomic mass is 10.1. The number of nitro groups is 1. The number of nitrogens with one attached hydrogen (secondary N) is 1. The zero-order valence-electron chi connectivity index (χ0n) is 12.1. The summed E-state index contributed by atoms with van der Waals surface area (Å²) >= 11 is 3.42. The van der Waals surface area contributed by atoms with Crippen LogP contribution in [0.25, 0.3) is 10.8 Å². The summed E-state index contributed by atoms with van der Waals surface area (Å²) < 4.78 is 28.5. The van der Waals surface area contributed by atoms with Gasteiger partial charge in [0.05, 0.1) is 10.6 Å². The summed E-state index contributed by atoms with van der Waals surface area (Å²) in [6.07, 6.45) is 0. The van der Waals surface area contributed by atoms with E-state index in [0.717, 1.165) is 15.9 Å². The summed E-state index contributed by atoms with van der Waals surface area (Å²) in [7, 11) is -4.10. The van der Waals surface area contributed by atoms with Crippen molar-refractivity contribution in [2.75, 3.05) is 4.72 Å². The van der Waals surface area contributed by atoms with Crippen LogP contribution >= 0.6 is 15.9 Å². The van der Waals surface area contributed by atoms with Gasteiger partial charge < -0.3 is 0 Å². The van der Waals surface area contributed by atoms with Crippen LogP contribution in [0.15, 0.2) is 70.0 Å². The van der Waals surface area contributed by atoms with Crippen molar-refractivity contribution in [1.29, 1.82) is 0 Å². The van der Waals surface area contributed by atoms with Crippen LogP contribution < -0.4 is 4.72 Å². The topological polar surface area (TPSA) is 89.3 Å². The van der Waals surface area contributed by atoms with Gasteiger partial charge in [0.2, 0.25) is 0 Å². The van der Waals surface area contributed by atoms with Crippen molar-refractivity contribution in [3.63, 3.8) is 0 Å². The molecule has 1 N–H and O–H groups in total. The van der Waals surface area contributed by atoms with Crippen molar-refractivity contribution >= 4 is 48.1 Å². The second-order valence-electron chi connectivity index (χ2n) is 4.97. The molecule has 0 radical (unpaired) electrons. The van der Waals surface area contributed by atoms with E-state index in [1.165, 1.54) is 18.2 Å². The predicted octanol–water partition coefficient (Wildman–Crippen LogP) is 4.31. The molecule has 0 saturated carbocycles. The third-order valence-corrected chi connectivity index (χ3v) is 5.57. The number of fused-ring (bicyclic) bond motifs is 1. The molecule has 0 amide bonds. The van der Waals surface area contributed by atoms with Crippen molar-refractivity contribution in [2.24, 2.45) is 0 Å². The highest BCUT2D eigenvalue weighted by molar-refractivity contribution is 9.10. The van der Waals surface area contributed by atoms with Gasteiger partial charge in [-0.15, -0.1) is 0 Å². The Hall–Kier alpha value is -2.45. The molecule has 8 heteroatoms. The highest BCUT2D eigenvalue weighted by Gasteiger charge is 2.25. The zero-order valence-corrected chi connectivity index (χ0v) is 14.5. The molecule has 0 aliphatic rings. The molecule has 0 unspecified atom stereocenters. The van der Waals surface area contributed by atoms with Crippen LogP contribution in [0.3, 0.4) is 0 Å². The molecule has 6 nitrogen and oxygen atoms in total. The standard InChI is InChI=1S/C16H11BrN2O4S/c17-13-9-10-14(12-6-2-1-5-11(12)13)18-24(22,23)16-8-4-3-7-15(16)19(20)21/h1-10,18H. The van der Waals surface area contributed by atoms with E-state index >= 15 is 0 Å². The van der Waals surface area contributed by atoms with E-state index in [0.29, 0.717) is 11.1 Å². The van der Waals surface area contributed by atoms with Gasteiger partial charge in [0.25, 0.3) is 15.7 Å². The monoisotopic (exact) mass is 406 g/mol. The van der Waals surface area contributed by atoms with Crippen LogP contribution in [0.5, 0.6) is 0 Å². The number of benzene rings is 3. The SMILES string of the molecule is O=[N+]([O-])c1ccccc1S(=O)(=O)Nc1ccc(Br)c2ccccc12. The van der Waals surface area contributed by atoms with Crippen molar-refractivity contribution in [3.05, 3.63) is 75.3 Å². The number of nitro benzene ring substituents is 1. The number of hydrogen-bond donors (Lipinski definition) is 1. The molecule has 0 saturated heterocycles. The number of sulfonamides is 1. The van der Waals surface area contributed by atoms with E-state index in [1.807, 2.05) is 12.1 Å². The average molecular weight is 407 g/mol. The Bertz CT molecular complexity index is 1050. The van der Waals surface area contributed by atoms with Crippen molar-refractivity contribution < 1.29 is 13.3 Å². The number of rotatable bonds is 4. The summed E-state index contributed by atoms with van der Waals surface area (Å²) in [4.78, 5) is 10.00. The first-order valence-corrected chi connectivity index (χ1v) is 9.11. The van der Waals surface area contributed by atoms with E-state index in [4.69, 9.17) is 0 Å². The summed E-state index contributed by atoms with van der Waals surface area (Å²) in [6.45, 7) is 0. The highest BCUT2D eigenvalue weighted by atomic mass is 79.9. The number of para-hydroxylation sites is 1. The quantitative estimate of drug-likeness (QED) is 0.516. The van der Waals surface area contributed by atoms with Gasteiger partial charge in [-0.1, -0.05) is 52.3 Å². The minimum Gasteiger partial charge on any atom is -0.279 e. The molecule has 0 aromatic heterocycles. The Kier molecular flexibility index (Phi) is 4.25. The summed E-state index contributed by atoms with van der Waals surface area (Å²) in [5.74, 6) is 0. The third-order valence-electron chi connectivity index (χ3n) is 3.47. The molecule has 0 fully saturated rings. The first kappa shape index (κ1) is 16.4. The van der Waals surface area contributed by atoms with Gasteiger partial charge >= 0.3 is 0 Å². The molecule has 3 rings (SSSR count). The smallest absolute Gasteiger partial charge is 0.279 e. The fourth-order valence-electron chi connectivity index (χ4n) is 2.39. The minimum absolute atomic E-state index is 0.354. The van der Waals surface area contributed by atoms with Gasteiger partial charge in [-0.25, -0.2) is 8.42 Å². The molecule has 0 aliphatic heterocycles. The second kappa shape index (κ2) is 6.21. The lowest BCUT2D eigenvalue weighted by Gasteiger charge is -2.12. The largest absolute Gasteiger partial charge is 0.289 e. The average Bonchev–Trinajstić information content (AvgIpc) is 2.57. The van der Waals surface area contributed by atoms with Crippen molar-refractivity contribution in [1.82, 2.24) is 0 Å². The van der Waals surface area contributed by atoms with E-state index in [2.05, 4.69) is 20.7 Å². The van der Waals surface area contributed by atoms with E-state index < -0.39 is 20.6 Å². The summed E-state index contributed by atoms with van der Waals surface area (Å²) in [5.41, 5.74) is -0.113. The highest BCUT2D eigenvalue weighted by Crippen LogP contribution is 2.32. The van der Waals surface area contributed by atoms with Gasteiger partial charge in [0.1, 0.15) is 0 Å². The number of hydrogen-bond acceptors (Lipinski definition) is 4. The summed E-state index contributed by atoms with van der Waals surface area (Å²) in [5, 5.41) is 12.6. The van der Waals surface area contributed by atoms with E-state index in [1.54, 1.807) is 24.3 Å². The first-order valence-electron chi connectivity index (χ1n) is 6.83. The predicted molar refractivity (Wildman–Crippen MR) is 95.6 cm³/mol. The Morgan fingerprint density at radius 2 is 1.54 bits per heavy atom. The molecule has 122 valence electrons. The van der Waals surface area contributed by atoms with Gasteiger partial charge in [0, 0.05) is 15.9 Å². The van der Waals surface area contributed by atoms with E-state index in [9.17, 15) is 18.5 Å². The number of halogens is 1. The van der Waals surface area contributed by atoms with E-state index in [-0.39, 0.29) is 4.90 Å². The van der Waals surface area contributed by atoms with Gasteiger partial charge in [-0.05, 0) is 23.6 Å². The Morgan fingerprint density at radius 3 is 2.25 bits per heavy atom. The lowest BCUT2D eigenvalue weighted by Crippen LogP contribution is -2.15. The maximum Gasteiger partial charge on any atom is 0.289 e. The molecule has 3 aromatic carbocycles. The third kappa shape index (κ3) is 2.98. The molecule has 0 spiro atoms. The molecule has 0 atom stereocenters. The van der Waals surface area contributed by atoms with Crippen LogP contribution in [-0.2, 0) is 10.0 Å². The van der Waals surface area contributed by atoms with Crippen LogP contribution in [0, 0.1) is 10.1 Å². The van der Waals surface area contributed by atoms with Gasteiger partial charge in [-0.3, -0.25) is 14.8 Å². The van der Waals surface area contributed by atoms with Crippen LogP contribution in [-0.4, -0.2) is 13.3 Å². The van der Waals surface area contributed by atoms with Crippen LogP contribution in [0.2, 0.25) is 0 Å². The van der Waals surface area contributed by atoms with Crippen LogP contribution in [0.1, 0.15) is 0 Å². The maximum atomic E-state index is 12.6. The molecular formula is C16H11BrN2O4S. The Labute approximate surface area is 146 Å². The lowest BCUT2D eigenvalue weighted by molar-refractivity contribution is -0.387. The summed E-state index contributed by atoms with van der Waals surface area (Å²) in [6, 6.07) is 15.8. The maximum absolute atomic E-state index is 12.6. The fraction of sp³-hybridized carbons (Fsp3) is 0. The zero-order chi connectivity index (χ0) is 17.3. The van der Waals surface area contributed by atoms with Gasteiger partial charge in [0.15, 0.2) is 4.90 Å². The molecule has 24 heavy (non-hydrogen) atoms. The molecule has 0 heterocycles. The molecular weight excluding hydrogens is 396 g/mol. The molecule has 0 bridgehead atoms. The molecule has 3 aromatic rings. The fourth-order valence-corrected chi connectivity index (χ4v) is 4.12. The normalized spacial score (nSPS) is 11.4. The van der Waals surface area contributed by atoms with Crippen LogP contribution in [0.4, 0.5) is 11.4 Å². The number of nitrogens with zero attached hydrogens (tertiary/aromatic N) is 1. The van der Waals surface area contributed by atoms with Crippen molar-refractivity contribution in [3.8, 4) is 0 Å². The molecule has 0 aliphatic carbocycles. The number of anilines is 1.